The first kappa shape index (κ1) is 28.1. The van der Waals surface area contributed by atoms with Gasteiger partial charge in [0.25, 0.3) is 0 Å². The van der Waals surface area contributed by atoms with E-state index in [0.717, 1.165) is 43.4 Å². The van der Waals surface area contributed by atoms with Crippen LogP contribution in [0.3, 0.4) is 0 Å². The van der Waals surface area contributed by atoms with Gasteiger partial charge in [0.1, 0.15) is 11.6 Å². The molecule has 0 spiro atoms. The Morgan fingerprint density at radius 3 is 2.64 bits per heavy atom. The molecule has 2 aliphatic rings. The number of piperidine rings is 1. The summed E-state index contributed by atoms with van der Waals surface area (Å²) >= 11 is 3.58. The van der Waals surface area contributed by atoms with Gasteiger partial charge in [0.15, 0.2) is 0 Å². The molecule has 2 aromatic carbocycles. The summed E-state index contributed by atoms with van der Waals surface area (Å²) in [6.07, 6.45) is 5.00. The number of carbonyl (C=O) groups excluding carboxylic acids is 1. The van der Waals surface area contributed by atoms with Crippen molar-refractivity contribution in [1.82, 2.24) is 19.7 Å². The highest BCUT2D eigenvalue weighted by Crippen LogP contribution is 2.26. The van der Waals surface area contributed by atoms with Gasteiger partial charge in [0.2, 0.25) is 5.91 Å². The van der Waals surface area contributed by atoms with Crippen LogP contribution in [0.15, 0.2) is 47.1 Å². The van der Waals surface area contributed by atoms with E-state index >= 15 is 0 Å². The first-order valence-corrected chi connectivity index (χ1v) is 14.9. The van der Waals surface area contributed by atoms with Crippen molar-refractivity contribution in [2.24, 2.45) is 11.7 Å². The summed E-state index contributed by atoms with van der Waals surface area (Å²) in [6, 6.07) is 10.8. The summed E-state index contributed by atoms with van der Waals surface area (Å²) in [7, 11) is 0. The molecule has 3 heterocycles. The first-order valence-electron chi connectivity index (χ1n) is 14.1. The highest BCUT2D eigenvalue weighted by Gasteiger charge is 2.33. The second-order valence-corrected chi connectivity index (χ2v) is 11.6. The zero-order chi connectivity index (χ0) is 27.4. The van der Waals surface area contributed by atoms with Gasteiger partial charge in [-0.1, -0.05) is 22.0 Å². The molecule has 1 amide bonds. The molecule has 1 atom stereocenters. The Labute approximate surface area is 238 Å². The summed E-state index contributed by atoms with van der Waals surface area (Å²) in [5, 5.41) is 1.27. The van der Waals surface area contributed by atoms with Crippen molar-refractivity contribution in [3.63, 3.8) is 0 Å². The van der Waals surface area contributed by atoms with Gasteiger partial charge in [-0.3, -0.25) is 9.69 Å². The third-order valence-corrected chi connectivity index (χ3v) is 8.79. The fourth-order valence-corrected chi connectivity index (χ4v) is 6.28. The molecule has 7 nitrogen and oxygen atoms in total. The number of hydrogen-bond acceptors (Lipinski definition) is 5. The minimum absolute atomic E-state index is 0.0540. The molecule has 0 aliphatic carbocycles. The van der Waals surface area contributed by atoms with E-state index < -0.39 is 6.04 Å². The average molecular weight is 601 g/mol. The van der Waals surface area contributed by atoms with Gasteiger partial charge in [-0.25, -0.2) is 4.39 Å². The van der Waals surface area contributed by atoms with Crippen molar-refractivity contribution >= 4 is 32.7 Å². The fraction of sp³-hybridized carbons (Fsp3) is 0.500. The van der Waals surface area contributed by atoms with E-state index in [-0.39, 0.29) is 17.6 Å². The maximum Gasteiger partial charge on any atom is 0.239 e. The summed E-state index contributed by atoms with van der Waals surface area (Å²) < 4.78 is 21.2. The number of halogens is 2. The Balaban J connectivity index is 1.07. The number of H-pyrrole nitrogens is 1. The van der Waals surface area contributed by atoms with Gasteiger partial charge < -0.3 is 25.3 Å². The van der Waals surface area contributed by atoms with Gasteiger partial charge in [-0.15, -0.1) is 0 Å². The molecule has 5 rings (SSSR count). The number of rotatable bonds is 9. The Morgan fingerprint density at radius 1 is 1.13 bits per heavy atom. The van der Waals surface area contributed by atoms with Crippen LogP contribution >= 0.6 is 15.9 Å². The van der Waals surface area contributed by atoms with Crippen molar-refractivity contribution in [2.75, 3.05) is 52.4 Å². The van der Waals surface area contributed by atoms with E-state index in [1.807, 2.05) is 17.9 Å². The van der Waals surface area contributed by atoms with Crippen molar-refractivity contribution in [1.29, 1.82) is 0 Å². The average Bonchev–Trinajstić information content (AvgIpc) is 3.35. The van der Waals surface area contributed by atoms with Crippen molar-refractivity contribution in [3.05, 3.63) is 64.0 Å². The smallest absolute Gasteiger partial charge is 0.239 e. The Kier molecular flexibility index (Phi) is 9.22. The third kappa shape index (κ3) is 6.65. The van der Waals surface area contributed by atoms with E-state index in [2.05, 4.69) is 55.1 Å². The number of hydrogen-bond donors (Lipinski definition) is 2. The number of amides is 1. The predicted octanol–water partition coefficient (Wildman–Crippen LogP) is 4.39. The number of piperazine rings is 1. The van der Waals surface area contributed by atoms with Crippen molar-refractivity contribution in [2.45, 2.75) is 38.8 Å². The minimum atomic E-state index is -0.458. The molecule has 210 valence electrons. The number of nitrogens with two attached hydrogens (primary N) is 1. The lowest BCUT2D eigenvalue weighted by molar-refractivity contribution is -0.136. The number of nitrogens with zero attached hydrogens (tertiary/aromatic N) is 3. The molecule has 0 bridgehead atoms. The maximum absolute atomic E-state index is 14.5. The van der Waals surface area contributed by atoms with Crippen molar-refractivity contribution in [3.8, 4) is 5.75 Å². The van der Waals surface area contributed by atoms with Gasteiger partial charge in [-0.2, -0.15) is 0 Å². The SMILES string of the molecule is CCOc1cccc(F)c1CN1CCN(C(=O)[C@H](N)C2CCN(CCc3c[nH]c4ccc(Br)cc34)CC2)CC1. The van der Waals surface area contributed by atoms with Gasteiger partial charge in [0.05, 0.1) is 12.6 Å². The molecule has 2 fully saturated rings. The van der Waals surface area contributed by atoms with Gasteiger partial charge >= 0.3 is 0 Å². The number of aromatic nitrogens is 1. The third-order valence-electron chi connectivity index (χ3n) is 8.29. The monoisotopic (exact) mass is 599 g/mol. The summed E-state index contributed by atoms with van der Waals surface area (Å²) in [5.41, 5.74) is 9.62. The molecule has 0 saturated carbocycles. The Hall–Kier alpha value is -2.46. The Morgan fingerprint density at radius 2 is 1.90 bits per heavy atom. The molecule has 3 N–H and O–H groups in total. The highest BCUT2D eigenvalue weighted by molar-refractivity contribution is 9.10. The van der Waals surface area contributed by atoms with Crippen LogP contribution in [0.25, 0.3) is 10.9 Å². The quantitative estimate of drug-likeness (QED) is 0.381. The van der Waals surface area contributed by atoms with Crippen LogP contribution in [0, 0.1) is 11.7 Å². The lowest BCUT2D eigenvalue weighted by Crippen LogP contribution is -2.55. The molecule has 9 heteroatoms. The number of likely N-dealkylation sites (tertiary alicyclic amines) is 1. The normalized spacial score (nSPS) is 18.5. The first-order chi connectivity index (χ1) is 18.9. The standard InChI is InChI=1S/C30H39BrFN5O2/c1-2-39-28-5-3-4-26(32)25(28)20-36-14-16-37(17-15-36)30(38)29(33)21-8-11-35(12-9-21)13-10-22-19-34-27-7-6-23(31)18-24(22)27/h3-7,18-19,21,29,34H,2,8-17,20,33H2,1H3/t29-/m1/s1. The van der Waals surface area contributed by atoms with Crippen molar-refractivity contribution < 1.29 is 13.9 Å². The molecular weight excluding hydrogens is 561 g/mol. The summed E-state index contributed by atoms with van der Waals surface area (Å²) in [4.78, 5) is 23.2. The second kappa shape index (κ2) is 12.8. The molecule has 0 unspecified atom stereocenters. The van der Waals surface area contributed by atoms with Crippen LogP contribution in [-0.2, 0) is 17.8 Å². The minimum Gasteiger partial charge on any atom is -0.493 e. The topological polar surface area (TPSA) is 77.8 Å². The summed E-state index contributed by atoms with van der Waals surface area (Å²) in [5.74, 6) is 0.614. The molecule has 0 radical (unpaired) electrons. The zero-order valence-corrected chi connectivity index (χ0v) is 24.3. The highest BCUT2D eigenvalue weighted by atomic mass is 79.9. The molecule has 39 heavy (non-hydrogen) atoms. The van der Waals surface area contributed by atoms with Gasteiger partial charge in [0, 0.05) is 66.4 Å². The van der Waals surface area contributed by atoms with E-state index in [1.54, 1.807) is 6.07 Å². The molecular formula is C30H39BrFN5O2. The van der Waals surface area contributed by atoms with E-state index in [4.69, 9.17) is 10.5 Å². The molecule has 3 aromatic rings. The van der Waals surface area contributed by atoms with Crippen LogP contribution in [0.2, 0.25) is 0 Å². The number of nitrogens with one attached hydrogen (secondary N) is 1. The lowest BCUT2D eigenvalue weighted by atomic mass is 9.88. The molecule has 1 aromatic heterocycles. The number of fused-ring (bicyclic) bond motifs is 1. The maximum atomic E-state index is 14.5. The Bertz CT molecular complexity index is 1270. The second-order valence-electron chi connectivity index (χ2n) is 10.7. The number of ether oxygens (including phenoxy) is 1. The van der Waals surface area contributed by atoms with E-state index in [0.29, 0.717) is 50.6 Å². The van der Waals surface area contributed by atoms with Crippen LogP contribution in [0.5, 0.6) is 5.75 Å². The van der Waals surface area contributed by atoms with E-state index in [1.165, 1.54) is 22.5 Å². The van der Waals surface area contributed by atoms with Crippen LogP contribution in [0.1, 0.15) is 30.9 Å². The predicted molar refractivity (Wildman–Crippen MR) is 156 cm³/mol. The number of benzene rings is 2. The summed E-state index contributed by atoms with van der Waals surface area (Å²) in [6.45, 7) is 8.44. The van der Waals surface area contributed by atoms with Crippen LogP contribution in [-0.4, -0.2) is 84.1 Å². The zero-order valence-electron chi connectivity index (χ0n) is 22.7. The number of carbonyl (C=O) groups is 1. The van der Waals surface area contributed by atoms with E-state index in [9.17, 15) is 9.18 Å². The molecule has 2 saturated heterocycles. The van der Waals surface area contributed by atoms with Crippen LogP contribution < -0.4 is 10.5 Å². The lowest BCUT2D eigenvalue weighted by Gasteiger charge is -2.39. The molecule has 2 aliphatic heterocycles. The number of aromatic amines is 1. The van der Waals surface area contributed by atoms with Gasteiger partial charge in [-0.05, 0) is 81.1 Å². The van der Waals surface area contributed by atoms with Crippen LogP contribution in [0.4, 0.5) is 4.39 Å². The fourth-order valence-electron chi connectivity index (χ4n) is 5.92. The largest absolute Gasteiger partial charge is 0.493 e.